The molecule has 0 saturated carbocycles. The summed E-state index contributed by atoms with van der Waals surface area (Å²) < 4.78 is 5.35. The fraction of sp³-hybridized carbons (Fsp3) is 0.600. The second-order valence-corrected chi connectivity index (χ2v) is 5.22. The summed E-state index contributed by atoms with van der Waals surface area (Å²) in [5.74, 6) is 1.60. The monoisotopic (exact) mass is 250 g/mol. The van der Waals surface area contributed by atoms with E-state index in [9.17, 15) is 0 Å². The van der Waals surface area contributed by atoms with Crippen LogP contribution in [0, 0.1) is 5.92 Å². The SMILES string of the molecule is COc1ccccc1CNCC(C(C)C)N(C)C. The van der Waals surface area contributed by atoms with E-state index in [1.807, 2.05) is 18.2 Å². The molecule has 0 aromatic heterocycles. The fourth-order valence-corrected chi connectivity index (χ4v) is 2.22. The lowest BCUT2D eigenvalue weighted by Gasteiger charge is -2.28. The molecule has 1 rings (SSSR count). The van der Waals surface area contributed by atoms with Gasteiger partial charge in [-0.1, -0.05) is 32.0 Å². The topological polar surface area (TPSA) is 24.5 Å². The number of hydrogen-bond donors (Lipinski definition) is 1. The maximum absolute atomic E-state index is 5.35. The van der Waals surface area contributed by atoms with Gasteiger partial charge in [-0.25, -0.2) is 0 Å². The molecule has 1 N–H and O–H groups in total. The summed E-state index contributed by atoms with van der Waals surface area (Å²) in [5, 5.41) is 3.52. The summed E-state index contributed by atoms with van der Waals surface area (Å²) >= 11 is 0. The number of nitrogens with one attached hydrogen (secondary N) is 1. The summed E-state index contributed by atoms with van der Waals surface area (Å²) in [6.45, 7) is 6.36. The third-order valence-corrected chi connectivity index (χ3v) is 3.29. The van der Waals surface area contributed by atoms with E-state index in [1.165, 1.54) is 5.56 Å². The van der Waals surface area contributed by atoms with Gasteiger partial charge in [0.05, 0.1) is 7.11 Å². The van der Waals surface area contributed by atoms with Gasteiger partial charge in [-0.05, 0) is 26.1 Å². The Kier molecular flexibility index (Phi) is 6.16. The first-order chi connectivity index (χ1) is 8.56. The molecule has 0 radical (unpaired) electrons. The Morgan fingerprint density at radius 3 is 2.44 bits per heavy atom. The van der Waals surface area contributed by atoms with E-state index in [4.69, 9.17) is 4.74 Å². The van der Waals surface area contributed by atoms with Crippen LogP contribution in [-0.2, 0) is 6.54 Å². The smallest absolute Gasteiger partial charge is 0.123 e. The van der Waals surface area contributed by atoms with Gasteiger partial charge in [-0.15, -0.1) is 0 Å². The van der Waals surface area contributed by atoms with E-state index in [-0.39, 0.29) is 0 Å². The summed E-state index contributed by atoms with van der Waals surface area (Å²) in [4.78, 5) is 2.28. The quantitative estimate of drug-likeness (QED) is 0.804. The van der Waals surface area contributed by atoms with Crippen molar-refractivity contribution in [3.63, 3.8) is 0 Å². The van der Waals surface area contributed by atoms with E-state index < -0.39 is 0 Å². The number of ether oxygens (including phenoxy) is 1. The number of rotatable bonds is 7. The zero-order valence-corrected chi connectivity index (χ0v) is 12.2. The third-order valence-electron chi connectivity index (χ3n) is 3.29. The zero-order valence-electron chi connectivity index (χ0n) is 12.2. The molecule has 1 aromatic rings. The number of benzene rings is 1. The molecule has 102 valence electrons. The van der Waals surface area contributed by atoms with E-state index in [0.717, 1.165) is 18.8 Å². The number of para-hydroxylation sites is 1. The molecule has 0 aliphatic heterocycles. The van der Waals surface area contributed by atoms with Crippen molar-refractivity contribution in [2.24, 2.45) is 5.92 Å². The number of methoxy groups -OCH3 is 1. The molecule has 0 amide bonds. The fourth-order valence-electron chi connectivity index (χ4n) is 2.22. The van der Waals surface area contributed by atoms with Gasteiger partial charge in [0, 0.05) is 24.7 Å². The highest BCUT2D eigenvalue weighted by Crippen LogP contribution is 2.16. The predicted molar refractivity (Wildman–Crippen MR) is 77.0 cm³/mol. The molecule has 1 aromatic carbocycles. The lowest BCUT2D eigenvalue weighted by atomic mass is 10.0. The van der Waals surface area contributed by atoms with E-state index in [2.05, 4.69) is 44.2 Å². The predicted octanol–water partition coefficient (Wildman–Crippen LogP) is 2.37. The van der Waals surface area contributed by atoms with Crippen molar-refractivity contribution < 1.29 is 4.74 Å². The molecule has 0 aliphatic rings. The number of hydrogen-bond acceptors (Lipinski definition) is 3. The molecule has 1 unspecified atom stereocenters. The van der Waals surface area contributed by atoms with E-state index in [0.29, 0.717) is 12.0 Å². The summed E-state index contributed by atoms with van der Waals surface area (Å²) in [6.07, 6.45) is 0. The van der Waals surface area contributed by atoms with Crippen LogP contribution >= 0.6 is 0 Å². The first-order valence-electron chi connectivity index (χ1n) is 6.55. The van der Waals surface area contributed by atoms with Gasteiger partial charge in [0.15, 0.2) is 0 Å². The maximum atomic E-state index is 5.35. The molecule has 3 heteroatoms. The van der Waals surface area contributed by atoms with Gasteiger partial charge in [-0.2, -0.15) is 0 Å². The third kappa shape index (κ3) is 4.31. The van der Waals surface area contributed by atoms with Crippen LogP contribution in [-0.4, -0.2) is 38.7 Å². The minimum Gasteiger partial charge on any atom is -0.496 e. The van der Waals surface area contributed by atoms with Gasteiger partial charge < -0.3 is 15.0 Å². The highest BCUT2D eigenvalue weighted by Gasteiger charge is 2.15. The van der Waals surface area contributed by atoms with Gasteiger partial charge in [0.2, 0.25) is 0 Å². The lowest BCUT2D eigenvalue weighted by molar-refractivity contribution is 0.224. The van der Waals surface area contributed by atoms with Crippen LogP contribution in [0.5, 0.6) is 5.75 Å². The molecule has 0 heterocycles. The first-order valence-corrected chi connectivity index (χ1v) is 6.55. The van der Waals surface area contributed by atoms with Crippen LogP contribution in [0.1, 0.15) is 19.4 Å². The average molecular weight is 250 g/mol. The Bertz CT molecular complexity index is 342. The van der Waals surface area contributed by atoms with Crippen LogP contribution in [0.2, 0.25) is 0 Å². The minimum absolute atomic E-state index is 0.555. The second kappa shape index (κ2) is 7.39. The van der Waals surface area contributed by atoms with E-state index >= 15 is 0 Å². The van der Waals surface area contributed by atoms with Gasteiger partial charge in [-0.3, -0.25) is 0 Å². The minimum atomic E-state index is 0.555. The van der Waals surface area contributed by atoms with Crippen LogP contribution in [0.4, 0.5) is 0 Å². The van der Waals surface area contributed by atoms with Crippen molar-refractivity contribution in [3.05, 3.63) is 29.8 Å². The number of likely N-dealkylation sites (N-methyl/N-ethyl adjacent to an activating group) is 1. The molecule has 0 bridgehead atoms. The van der Waals surface area contributed by atoms with Crippen LogP contribution in [0.25, 0.3) is 0 Å². The average Bonchev–Trinajstić information content (AvgIpc) is 2.34. The largest absolute Gasteiger partial charge is 0.496 e. The van der Waals surface area contributed by atoms with Crippen LogP contribution in [0.3, 0.4) is 0 Å². The molecule has 0 fully saturated rings. The summed E-state index contributed by atoms with van der Waals surface area (Å²) in [7, 11) is 5.99. The highest BCUT2D eigenvalue weighted by atomic mass is 16.5. The molecule has 1 atom stereocenters. The Morgan fingerprint density at radius 2 is 1.89 bits per heavy atom. The molecule has 0 aliphatic carbocycles. The maximum Gasteiger partial charge on any atom is 0.123 e. The first kappa shape index (κ1) is 15.0. The zero-order chi connectivity index (χ0) is 13.5. The second-order valence-electron chi connectivity index (χ2n) is 5.22. The molecule has 18 heavy (non-hydrogen) atoms. The van der Waals surface area contributed by atoms with Crippen molar-refractivity contribution in [2.45, 2.75) is 26.4 Å². The van der Waals surface area contributed by atoms with Crippen molar-refractivity contribution in [2.75, 3.05) is 27.7 Å². The Balaban J connectivity index is 2.50. The normalized spacial score (nSPS) is 13.1. The standard InChI is InChI=1S/C15H26N2O/c1-12(2)14(17(3)4)11-16-10-13-8-6-7-9-15(13)18-5/h6-9,12,14,16H,10-11H2,1-5H3. The molecule has 0 saturated heterocycles. The van der Waals surface area contributed by atoms with Crippen molar-refractivity contribution in [1.82, 2.24) is 10.2 Å². The van der Waals surface area contributed by atoms with Gasteiger partial charge in [0.1, 0.15) is 5.75 Å². The summed E-state index contributed by atoms with van der Waals surface area (Å²) in [6, 6.07) is 8.71. The van der Waals surface area contributed by atoms with Crippen LogP contribution < -0.4 is 10.1 Å². The number of nitrogens with zero attached hydrogens (tertiary/aromatic N) is 1. The van der Waals surface area contributed by atoms with Gasteiger partial charge >= 0.3 is 0 Å². The van der Waals surface area contributed by atoms with Gasteiger partial charge in [0.25, 0.3) is 0 Å². The molecule has 0 spiro atoms. The van der Waals surface area contributed by atoms with Crippen molar-refractivity contribution in [3.8, 4) is 5.75 Å². The molecular formula is C15H26N2O. The Morgan fingerprint density at radius 1 is 1.22 bits per heavy atom. The highest BCUT2D eigenvalue weighted by molar-refractivity contribution is 5.32. The van der Waals surface area contributed by atoms with Crippen molar-refractivity contribution in [1.29, 1.82) is 0 Å². The van der Waals surface area contributed by atoms with Crippen LogP contribution in [0.15, 0.2) is 24.3 Å². The molecule has 3 nitrogen and oxygen atoms in total. The van der Waals surface area contributed by atoms with Crippen molar-refractivity contribution >= 4 is 0 Å². The lowest BCUT2D eigenvalue weighted by Crippen LogP contribution is -2.41. The molecular weight excluding hydrogens is 224 g/mol. The Hall–Kier alpha value is -1.06. The van der Waals surface area contributed by atoms with E-state index in [1.54, 1.807) is 7.11 Å². The Labute approximate surface area is 111 Å². The summed E-state index contributed by atoms with van der Waals surface area (Å²) in [5.41, 5.74) is 1.21.